The minimum absolute atomic E-state index is 0. The first-order chi connectivity index (χ1) is 8.33. The predicted molar refractivity (Wildman–Crippen MR) is 66.2 cm³/mol. The summed E-state index contributed by atoms with van der Waals surface area (Å²) in [6.45, 7) is 0. The third-order valence-corrected chi connectivity index (χ3v) is 2.55. The molecule has 0 spiro atoms. The molecule has 0 saturated carbocycles. The van der Waals surface area contributed by atoms with Gasteiger partial charge in [0.05, 0.1) is 0 Å². The van der Waals surface area contributed by atoms with Crippen molar-refractivity contribution in [3.05, 3.63) is 71.8 Å². The molecular weight excluding hydrogens is 340 g/mol. The third-order valence-electron chi connectivity index (χ3n) is 2.55. The van der Waals surface area contributed by atoms with Crippen molar-refractivity contribution < 1.29 is 52.2 Å². The fraction of sp³-hybridized carbons (Fsp3) is 0.0714. The Morgan fingerprint density at radius 2 is 1.30 bits per heavy atom. The van der Waals surface area contributed by atoms with Crippen molar-refractivity contribution in [1.82, 2.24) is 0 Å². The zero-order valence-corrected chi connectivity index (χ0v) is 13.0. The fourth-order valence-electron chi connectivity index (χ4n) is 1.67. The molecule has 107 valence electrons. The maximum absolute atomic E-state index is 10.1. The van der Waals surface area contributed by atoms with E-state index >= 15 is 0 Å². The topological polar surface area (TPSA) is 52.8 Å². The summed E-state index contributed by atoms with van der Waals surface area (Å²) < 4.78 is 0. The van der Waals surface area contributed by atoms with E-state index in [1.54, 1.807) is 24.3 Å². The van der Waals surface area contributed by atoms with Gasteiger partial charge in [-0.05, 0) is 5.56 Å². The first-order valence-electron chi connectivity index (χ1n) is 5.33. The van der Waals surface area contributed by atoms with Crippen molar-refractivity contribution >= 4 is 5.71 Å². The molecule has 3 nitrogen and oxygen atoms in total. The molecule has 0 aliphatic carbocycles. The SMILES string of the molecule is ON=C(c1ccccc1)C(O)c1ccccc1.[Cl-].[Cl-].[Mn+2]. The molecule has 20 heavy (non-hydrogen) atoms. The van der Waals surface area contributed by atoms with Gasteiger partial charge in [0.1, 0.15) is 11.8 Å². The monoisotopic (exact) mass is 352 g/mol. The van der Waals surface area contributed by atoms with Gasteiger partial charge in [-0.1, -0.05) is 65.8 Å². The van der Waals surface area contributed by atoms with Crippen LogP contribution in [0.5, 0.6) is 0 Å². The Morgan fingerprint density at radius 1 is 0.850 bits per heavy atom. The molecule has 6 heteroatoms. The summed E-state index contributed by atoms with van der Waals surface area (Å²) in [5.74, 6) is 0. The van der Waals surface area contributed by atoms with Crippen molar-refractivity contribution in [1.29, 1.82) is 0 Å². The molecule has 1 unspecified atom stereocenters. The second-order valence-corrected chi connectivity index (χ2v) is 3.66. The second-order valence-electron chi connectivity index (χ2n) is 3.66. The average Bonchev–Trinajstić information content (AvgIpc) is 2.42. The fourth-order valence-corrected chi connectivity index (χ4v) is 1.67. The predicted octanol–water partition coefficient (Wildman–Crippen LogP) is -3.40. The van der Waals surface area contributed by atoms with Crippen molar-refractivity contribution in [3.63, 3.8) is 0 Å². The van der Waals surface area contributed by atoms with Gasteiger partial charge in [-0.2, -0.15) is 0 Å². The molecule has 2 N–H and O–H groups in total. The molecule has 2 aromatic carbocycles. The number of aliphatic hydroxyl groups is 1. The summed E-state index contributed by atoms with van der Waals surface area (Å²) in [5, 5.41) is 22.4. The molecule has 2 aromatic rings. The second kappa shape index (κ2) is 10.7. The minimum atomic E-state index is -0.927. The number of halogens is 2. The summed E-state index contributed by atoms with van der Waals surface area (Å²) >= 11 is 0. The minimum Gasteiger partial charge on any atom is -1.00 e. The van der Waals surface area contributed by atoms with Gasteiger partial charge in [-0.3, -0.25) is 0 Å². The number of nitrogens with zero attached hydrogens (tertiary/aromatic N) is 1. The Hall–Kier alpha value is -1.03. The maximum atomic E-state index is 10.1. The standard InChI is InChI=1S/C14H13NO2.2ClH.Mn/c16-14(12-9-5-2-6-10-12)13(15-17)11-7-3-1-4-8-11;;;/h1-10,14,16-17H;2*1H;/q;;;+2/p-2. The maximum Gasteiger partial charge on any atom is 2.00 e. The Labute approximate surface area is 141 Å². The van der Waals surface area contributed by atoms with Gasteiger partial charge in [0.2, 0.25) is 0 Å². The summed E-state index contributed by atoms with van der Waals surface area (Å²) in [4.78, 5) is 0. The van der Waals surface area contributed by atoms with Crippen LogP contribution in [-0.2, 0) is 17.1 Å². The molecule has 0 heterocycles. The zero-order valence-electron chi connectivity index (χ0n) is 10.3. The Balaban J connectivity index is 0. The Bertz CT molecular complexity index is 509. The number of hydrogen-bond donors (Lipinski definition) is 2. The molecule has 0 fully saturated rings. The van der Waals surface area contributed by atoms with E-state index in [1.807, 2.05) is 36.4 Å². The van der Waals surface area contributed by atoms with Crippen LogP contribution in [0.4, 0.5) is 0 Å². The van der Waals surface area contributed by atoms with Crippen molar-refractivity contribution in [2.24, 2.45) is 5.16 Å². The van der Waals surface area contributed by atoms with Crippen LogP contribution in [0.2, 0.25) is 0 Å². The molecule has 1 radical (unpaired) electrons. The molecule has 1 atom stereocenters. The number of rotatable bonds is 3. The third kappa shape index (κ3) is 5.16. The molecule has 2 rings (SSSR count). The van der Waals surface area contributed by atoms with Gasteiger partial charge in [-0.15, -0.1) is 0 Å². The molecule has 0 bridgehead atoms. The summed E-state index contributed by atoms with van der Waals surface area (Å²) in [5.41, 5.74) is 1.65. The smallest absolute Gasteiger partial charge is 1.00 e. The molecule has 0 aliphatic rings. The normalized spacial score (nSPS) is 11.3. The van der Waals surface area contributed by atoms with Crippen LogP contribution in [0.15, 0.2) is 65.8 Å². The Morgan fingerprint density at radius 3 is 1.75 bits per heavy atom. The Kier molecular flexibility index (Phi) is 11.4. The molecule has 0 aromatic heterocycles. The van der Waals surface area contributed by atoms with Crippen LogP contribution < -0.4 is 24.8 Å². The number of oxime groups is 1. The first-order valence-corrected chi connectivity index (χ1v) is 5.33. The van der Waals surface area contributed by atoms with Gasteiger partial charge < -0.3 is 35.1 Å². The van der Waals surface area contributed by atoms with Gasteiger partial charge in [0.25, 0.3) is 0 Å². The summed E-state index contributed by atoms with van der Waals surface area (Å²) in [7, 11) is 0. The van der Waals surface area contributed by atoms with E-state index in [9.17, 15) is 5.11 Å². The van der Waals surface area contributed by atoms with E-state index in [4.69, 9.17) is 5.21 Å². The van der Waals surface area contributed by atoms with Crippen molar-refractivity contribution in [3.8, 4) is 0 Å². The van der Waals surface area contributed by atoms with Crippen LogP contribution in [0.25, 0.3) is 0 Å². The van der Waals surface area contributed by atoms with Crippen LogP contribution in [0.3, 0.4) is 0 Å². The number of aliphatic hydroxyl groups excluding tert-OH is 1. The summed E-state index contributed by atoms with van der Waals surface area (Å²) in [6.07, 6.45) is -0.927. The van der Waals surface area contributed by atoms with E-state index in [1.165, 1.54) is 0 Å². The van der Waals surface area contributed by atoms with Gasteiger partial charge in [0.15, 0.2) is 0 Å². The van der Waals surface area contributed by atoms with Gasteiger partial charge in [0, 0.05) is 5.56 Å². The van der Waals surface area contributed by atoms with Gasteiger partial charge >= 0.3 is 17.1 Å². The van der Waals surface area contributed by atoms with E-state index in [-0.39, 0.29) is 47.6 Å². The van der Waals surface area contributed by atoms with E-state index in [0.717, 1.165) is 0 Å². The molecule has 0 amide bonds. The largest absolute Gasteiger partial charge is 2.00 e. The zero-order chi connectivity index (χ0) is 12.1. The molecule has 0 aliphatic heterocycles. The number of benzene rings is 2. The van der Waals surface area contributed by atoms with Crippen LogP contribution in [0.1, 0.15) is 17.2 Å². The molecule has 0 saturated heterocycles. The van der Waals surface area contributed by atoms with E-state index in [0.29, 0.717) is 11.1 Å². The van der Waals surface area contributed by atoms with Crippen molar-refractivity contribution in [2.45, 2.75) is 6.10 Å². The van der Waals surface area contributed by atoms with Crippen molar-refractivity contribution in [2.75, 3.05) is 0 Å². The van der Waals surface area contributed by atoms with Crippen LogP contribution in [0, 0.1) is 0 Å². The summed E-state index contributed by atoms with van der Waals surface area (Å²) in [6, 6.07) is 18.2. The quantitative estimate of drug-likeness (QED) is 0.262. The molecular formula is C14H13Cl2MnNO2. The average molecular weight is 353 g/mol. The number of hydrogen-bond acceptors (Lipinski definition) is 3. The first kappa shape index (κ1) is 21.3. The van der Waals surface area contributed by atoms with Crippen LogP contribution in [-0.4, -0.2) is 16.0 Å². The van der Waals surface area contributed by atoms with E-state index < -0.39 is 6.10 Å². The van der Waals surface area contributed by atoms with Gasteiger partial charge in [-0.25, -0.2) is 0 Å². The van der Waals surface area contributed by atoms with Crippen LogP contribution >= 0.6 is 0 Å². The van der Waals surface area contributed by atoms with E-state index in [2.05, 4.69) is 5.16 Å².